The van der Waals surface area contributed by atoms with Crippen molar-refractivity contribution in [3.05, 3.63) is 18.2 Å². The van der Waals surface area contributed by atoms with E-state index in [2.05, 4.69) is 25.7 Å². The van der Waals surface area contributed by atoms with Crippen molar-refractivity contribution >= 4 is 39.1 Å². The first-order valence-corrected chi connectivity index (χ1v) is 14.0. The minimum Gasteiger partial charge on any atom is -0.370 e. The van der Waals surface area contributed by atoms with Gasteiger partial charge in [-0.25, -0.2) is 13.1 Å². The number of benzene rings is 1. The van der Waals surface area contributed by atoms with Gasteiger partial charge in [0.2, 0.25) is 21.1 Å². The molecule has 0 spiro atoms. The first-order valence-electron chi connectivity index (χ1n) is 11.5. The van der Waals surface area contributed by atoms with E-state index >= 15 is 0 Å². The van der Waals surface area contributed by atoms with Gasteiger partial charge in [-0.2, -0.15) is 4.31 Å². The summed E-state index contributed by atoms with van der Waals surface area (Å²) in [6, 6.07) is 5.39. The van der Waals surface area contributed by atoms with Crippen LogP contribution in [0.25, 0.3) is 0 Å². The van der Waals surface area contributed by atoms with Gasteiger partial charge in [0.15, 0.2) is 0 Å². The lowest BCUT2D eigenvalue weighted by Gasteiger charge is -2.31. The normalized spacial score (nSPS) is 16.9. The second-order valence-corrected chi connectivity index (χ2v) is 11.2. The molecular weight excluding hydrogens is 462 g/mol. The number of thioether (sulfide) groups is 1. The summed E-state index contributed by atoms with van der Waals surface area (Å²) in [7, 11) is -3.63. The van der Waals surface area contributed by atoms with Crippen LogP contribution in [0.1, 0.15) is 52.0 Å². The number of nitrogens with zero attached hydrogens (tertiary/aromatic N) is 6. The highest BCUT2D eigenvalue weighted by Crippen LogP contribution is 2.36. The monoisotopic (exact) mass is 493 g/mol. The largest absolute Gasteiger partial charge is 0.370 e. The van der Waals surface area contributed by atoms with E-state index in [1.807, 2.05) is 19.9 Å². The average molecular weight is 494 g/mol. The van der Waals surface area contributed by atoms with E-state index in [-0.39, 0.29) is 16.6 Å². The van der Waals surface area contributed by atoms with Gasteiger partial charge in [-0.3, -0.25) is 4.79 Å². The molecule has 2 aromatic rings. The van der Waals surface area contributed by atoms with Gasteiger partial charge in [-0.15, -0.1) is 5.10 Å². The number of sulfonamides is 1. The smallest absolute Gasteiger partial charge is 0.243 e. The van der Waals surface area contributed by atoms with Crippen molar-refractivity contribution < 1.29 is 13.2 Å². The number of hydrogen-bond acceptors (Lipinski definition) is 8. The molecule has 1 aliphatic carbocycles. The summed E-state index contributed by atoms with van der Waals surface area (Å²) in [6.45, 7) is 6.18. The molecule has 0 unspecified atom stereocenters. The number of anilines is 2. The van der Waals surface area contributed by atoms with Gasteiger partial charge in [0.25, 0.3) is 0 Å². The zero-order chi connectivity index (χ0) is 23.4. The molecule has 33 heavy (non-hydrogen) atoms. The number of carbonyl (C=O) groups is 1. The molecule has 0 radical (unpaired) electrons. The Morgan fingerprint density at radius 1 is 1.18 bits per heavy atom. The van der Waals surface area contributed by atoms with Gasteiger partial charge in [-0.1, -0.05) is 25.6 Å². The van der Waals surface area contributed by atoms with Gasteiger partial charge in [0.05, 0.1) is 28.1 Å². The highest BCUT2D eigenvalue weighted by Gasteiger charge is 2.28. The Labute approximate surface area is 199 Å². The number of hydrogen-bond donors (Lipinski definition) is 1. The molecule has 1 amide bonds. The summed E-state index contributed by atoms with van der Waals surface area (Å²) >= 11 is 1.29. The maximum absolute atomic E-state index is 13.1. The number of nitrogens with one attached hydrogen (secondary N) is 1. The number of carbonyl (C=O) groups excluding carboxylic acids is 1. The maximum Gasteiger partial charge on any atom is 0.243 e. The molecule has 4 rings (SSSR count). The molecule has 2 fully saturated rings. The van der Waals surface area contributed by atoms with Crippen LogP contribution in [0.3, 0.4) is 0 Å². The van der Waals surface area contributed by atoms with Crippen molar-refractivity contribution in [2.75, 3.05) is 42.1 Å². The second kappa shape index (κ2) is 10.4. The van der Waals surface area contributed by atoms with E-state index in [1.165, 1.54) is 22.5 Å². The Hall–Kier alpha value is -2.18. The highest BCUT2D eigenvalue weighted by molar-refractivity contribution is 7.99. The molecule has 2 heterocycles. The van der Waals surface area contributed by atoms with Gasteiger partial charge in [0.1, 0.15) is 0 Å². The van der Waals surface area contributed by atoms with Crippen LogP contribution in [-0.4, -0.2) is 70.8 Å². The topological polar surface area (TPSA) is 113 Å². The molecule has 10 nitrogen and oxygen atoms in total. The number of rotatable bonds is 10. The number of tetrazole rings is 1. The Kier molecular flexibility index (Phi) is 7.55. The zero-order valence-electron chi connectivity index (χ0n) is 19.1. The lowest BCUT2D eigenvalue weighted by atomic mass is 10.1. The summed E-state index contributed by atoms with van der Waals surface area (Å²) in [5.41, 5.74) is 1.38. The number of amides is 1. The molecule has 1 aliphatic heterocycles. The molecule has 12 heteroatoms. The predicted molar refractivity (Wildman–Crippen MR) is 128 cm³/mol. The first kappa shape index (κ1) is 24.0. The van der Waals surface area contributed by atoms with Crippen molar-refractivity contribution in [2.24, 2.45) is 0 Å². The second-order valence-electron chi connectivity index (χ2n) is 8.29. The third kappa shape index (κ3) is 5.49. The molecule has 0 atom stereocenters. The van der Waals surface area contributed by atoms with Crippen LogP contribution in [0.5, 0.6) is 0 Å². The van der Waals surface area contributed by atoms with E-state index in [1.54, 1.807) is 16.8 Å². The summed E-state index contributed by atoms with van der Waals surface area (Å²) in [6.07, 6.45) is 5.44. The standard InChI is InChI=1S/C21H31N7O3S2/c1-3-27(4-2)33(30,31)17-10-11-19(26-12-6-5-7-13-26)18(14-17)22-20(29)15-32-21-23-24-25-28(21)16-8-9-16/h10-11,14,16H,3-9,12-13,15H2,1-2H3,(H,22,29). The van der Waals surface area contributed by atoms with Gasteiger partial charge in [0, 0.05) is 26.2 Å². The summed E-state index contributed by atoms with van der Waals surface area (Å²) in [5, 5.41) is 15.3. The molecule has 2 aliphatic rings. The Balaban J connectivity index is 1.55. The number of aromatic nitrogens is 4. The van der Waals surface area contributed by atoms with Crippen LogP contribution in [0.2, 0.25) is 0 Å². The SMILES string of the molecule is CCN(CC)S(=O)(=O)c1ccc(N2CCCCC2)c(NC(=O)CSc2nnnn2C2CC2)c1. The molecule has 1 aromatic heterocycles. The molecule has 1 saturated heterocycles. The molecule has 1 N–H and O–H groups in total. The quantitative estimate of drug-likeness (QED) is 0.503. The minimum absolute atomic E-state index is 0.138. The minimum atomic E-state index is -3.63. The Morgan fingerprint density at radius 3 is 2.58 bits per heavy atom. The number of piperidine rings is 1. The van der Waals surface area contributed by atoms with Crippen molar-refractivity contribution in [2.45, 2.75) is 62.0 Å². The van der Waals surface area contributed by atoms with Crippen molar-refractivity contribution in [1.29, 1.82) is 0 Å². The van der Waals surface area contributed by atoms with Crippen LogP contribution in [-0.2, 0) is 14.8 Å². The zero-order valence-corrected chi connectivity index (χ0v) is 20.7. The lowest BCUT2D eigenvalue weighted by Crippen LogP contribution is -2.32. The molecule has 1 saturated carbocycles. The summed E-state index contributed by atoms with van der Waals surface area (Å²) in [4.78, 5) is 15.3. The molecule has 1 aromatic carbocycles. The molecular formula is C21H31N7O3S2. The third-order valence-corrected chi connectivity index (χ3v) is 8.95. The molecule has 180 valence electrons. The van der Waals surface area contributed by atoms with E-state index in [4.69, 9.17) is 0 Å². The van der Waals surface area contributed by atoms with Crippen molar-refractivity contribution in [1.82, 2.24) is 24.5 Å². The summed E-state index contributed by atoms with van der Waals surface area (Å²) < 4.78 is 29.3. The van der Waals surface area contributed by atoms with Gasteiger partial charge >= 0.3 is 0 Å². The van der Waals surface area contributed by atoms with Crippen LogP contribution in [0.4, 0.5) is 11.4 Å². The fraction of sp³-hybridized carbons (Fsp3) is 0.619. The highest BCUT2D eigenvalue weighted by atomic mass is 32.2. The van der Waals surface area contributed by atoms with Gasteiger partial charge in [-0.05, 0) is 60.7 Å². The summed E-state index contributed by atoms with van der Waals surface area (Å²) in [5.74, 6) is -0.0829. The Bertz CT molecular complexity index is 1080. The van der Waals surface area contributed by atoms with E-state index in [9.17, 15) is 13.2 Å². The van der Waals surface area contributed by atoms with Crippen LogP contribution in [0.15, 0.2) is 28.3 Å². The predicted octanol–water partition coefficient (Wildman–Crippen LogP) is 2.76. The van der Waals surface area contributed by atoms with Crippen molar-refractivity contribution in [3.8, 4) is 0 Å². The lowest BCUT2D eigenvalue weighted by molar-refractivity contribution is -0.113. The van der Waals surface area contributed by atoms with Crippen LogP contribution in [0, 0.1) is 0 Å². The first-order chi connectivity index (χ1) is 15.9. The fourth-order valence-corrected chi connectivity index (χ4v) is 6.27. The Morgan fingerprint density at radius 2 is 1.91 bits per heavy atom. The van der Waals surface area contributed by atoms with E-state index < -0.39 is 10.0 Å². The fourth-order valence-electron chi connectivity index (χ4n) is 4.04. The maximum atomic E-state index is 13.1. The third-order valence-electron chi connectivity index (χ3n) is 5.97. The van der Waals surface area contributed by atoms with E-state index in [0.717, 1.165) is 44.5 Å². The molecule has 0 bridgehead atoms. The van der Waals surface area contributed by atoms with Crippen LogP contribution < -0.4 is 10.2 Å². The van der Waals surface area contributed by atoms with Crippen molar-refractivity contribution in [3.63, 3.8) is 0 Å². The van der Waals surface area contributed by atoms with Crippen LogP contribution >= 0.6 is 11.8 Å². The average Bonchev–Trinajstić information content (AvgIpc) is 3.56. The van der Waals surface area contributed by atoms with Gasteiger partial charge < -0.3 is 10.2 Å². The van der Waals surface area contributed by atoms with E-state index in [0.29, 0.717) is 30.0 Å².